The zero-order valence-electron chi connectivity index (χ0n) is 7.91. The van der Waals surface area contributed by atoms with Crippen LogP contribution in [0.25, 0.3) is 0 Å². The highest BCUT2D eigenvalue weighted by Gasteiger charge is 1.97. The lowest BCUT2D eigenvalue weighted by Crippen LogP contribution is -2.25. The Bertz CT molecular complexity index is 211. The SMILES string of the molecule is CC(CCl)CNCCn1cccn1. The lowest BCUT2D eigenvalue weighted by Gasteiger charge is -2.08. The Morgan fingerprint density at radius 2 is 2.46 bits per heavy atom. The van der Waals surface area contributed by atoms with Gasteiger partial charge in [-0.15, -0.1) is 11.6 Å². The van der Waals surface area contributed by atoms with Crippen molar-refractivity contribution < 1.29 is 0 Å². The van der Waals surface area contributed by atoms with Crippen LogP contribution in [-0.4, -0.2) is 28.8 Å². The van der Waals surface area contributed by atoms with Gasteiger partial charge in [0, 0.05) is 24.8 Å². The van der Waals surface area contributed by atoms with Crippen molar-refractivity contribution in [1.29, 1.82) is 0 Å². The monoisotopic (exact) mass is 201 g/mol. The van der Waals surface area contributed by atoms with Gasteiger partial charge in [0.05, 0.1) is 6.54 Å². The lowest BCUT2D eigenvalue weighted by molar-refractivity contribution is 0.509. The molecule has 1 heterocycles. The number of nitrogens with one attached hydrogen (secondary N) is 1. The normalized spacial score (nSPS) is 13.1. The van der Waals surface area contributed by atoms with Crippen molar-refractivity contribution in [2.45, 2.75) is 13.5 Å². The topological polar surface area (TPSA) is 29.9 Å². The van der Waals surface area contributed by atoms with Crippen LogP contribution in [0.1, 0.15) is 6.92 Å². The summed E-state index contributed by atoms with van der Waals surface area (Å²) in [5.74, 6) is 1.26. The van der Waals surface area contributed by atoms with Gasteiger partial charge in [0.15, 0.2) is 0 Å². The molecule has 0 saturated carbocycles. The smallest absolute Gasteiger partial charge is 0.0533 e. The fourth-order valence-corrected chi connectivity index (χ4v) is 1.14. The van der Waals surface area contributed by atoms with Gasteiger partial charge in [-0.05, 0) is 18.5 Å². The Morgan fingerprint density at radius 3 is 3.08 bits per heavy atom. The number of nitrogens with zero attached hydrogens (tertiary/aromatic N) is 2. The molecule has 1 rings (SSSR count). The summed E-state index contributed by atoms with van der Waals surface area (Å²) >= 11 is 5.67. The Morgan fingerprint density at radius 1 is 1.62 bits per heavy atom. The highest BCUT2D eigenvalue weighted by Crippen LogP contribution is 1.94. The zero-order chi connectivity index (χ0) is 9.52. The van der Waals surface area contributed by atoms with Crippen molar-refractivity contribution in [3.63, 3.8) is 0 Å². The maximum Gasteiger partial charge on any atom is 0.0533 e. The van der Waals surface area contributed by atoms with Crippen LogP contribution in [0.5, 0.6) is 0 Å². The summed E-state index contributed by atoms with van der Waals surface area (Å²) in [5.41, 5.74) is 0. The van der Waals surface area contributed by atoms with E-state index in [2.05, 4.69) is 17.3 Å². The van der Waals surface area contributed by atoms with Crippen molar-refractivity contribution in [3.05, 3.63) is 18.5 Å². The van der Waals surface area contributed by atoms with E-state index in [9.17, 15) is 0 Å². The van der Waals surface area contributed by atoms with E-state index in [0.29, 0.717) is 5.92 Å². The molecule has 0 aliphatic heterocycles. The number of halogens is 1. The minimum absolute atomic E-state index is 0.541. The van der Waals surface area contributed by atoms with Crippen LogP contribution in [0.4, 0.5) is 0 Å². The van der Waals surface area contributed by atoms with E-state index in [1.807, 2.05) is 16.9 Å². The van der Waals surface area contributed by atoms with Crippen LogP contribution in [0.2, 0.25) is 0 Å². The summed E-state index contributed by atoms with van der Waals surface area (Å²) in [4.78, 5) is 0. The van der Waals surface area contributed by atoms with E-state index in [-0.39, 0.29) is 0 Å². The van der Waals surface area contributed by atoms with Crippen molar-refractivity contribution in [2.24, 2.45) is 5.92 Å². The van der Waals surface area contributed by atoms with Gasteiger partial charge in [0.1, 0.15) is 0 Å². The van der Waals surface area contributed by atoms with Crippen LogP contribution in [0.3, 0.4) is 0 Å². The molecule has 1 aromatic heterocycles. The van der Waals surface area contributed by atoms with E-state index >= 15 is 0 Å². The molecule has 0 aromatic carbocycles. The molecule has 0 fully saturated rings. The van der Waals surface area contributed by atoms with E-state index in [0.717, 1.165) is 25.5 Å². The Hall–Kier alpha value is -0.540. The Balaban J connectivity index is 2.02. The van der Waals surface area contributed by atoms with Gasteiger partial charge in [-0.25, -0.2) is 0 Å². The fraction of sp³-hybridized carbons (Fsp3) is 0.667. The first-order valence-electron chi connectivity index (χ1n) is 4.57. The molecular formula is C9H16ClN3. The first-order chi connectivity index (χ1) is 6.33. The first-order valence-corrected chi connectivity index (χ1v) is 5.10. The molecule has 0 aliphatic carbocycles. The zero-order valence-corrected chi connectivity index (χ0v) is 8.67. The minimum Gasteiger partial charge on any atom is -0.315 e. The maximum atomic E-state index is 5.67. The quantitative estimate of drug-likeness (QED) is 0.556. The molecule has 1 N–H and O–H groups in total. The summed E-state index contributed by atoms with van der Waals surface area (Å²) in [7, 11) is 0. The molecule has 0 bridgehead atoms. The molecule has 74 valence electrons. The van der Waals surface area contributed by atoms with Gasteiger partial charge in [-0.3, -0.25) is 4.68 Å². The fourth-order valence-electron chi connectivity index (χ4n) is 1.03. The standard InChI is InChI=1S/C9H16ClN3/c1-9(7-10)8-11-4-6-13-5-2-3-12-13/h2-3,5,9,11H,4,6-8H2,1H3. The lowest BCUT2D eigenvalue weighted by atomic mass is 10.2. The summed E-state index contributed by atoms with van der Waals surface area (Å²) in [5, 5.41) is 7.43. The molecule has 0 aliphatic rings. The molecule has 0 amide bonds. The van der Waals surface area contributed by atoms with Gasteiger partial charge in [-0.1, -0.05) is 6.92 Å². The second-order valence-electron chi connectivity index (χ2n) is 3.23. The van der Waals surface area contributed by atoms with Crippen molar-refractivity contribution in [1.82, 2.24) is 15.1 Å². The summed E-state index contributed by atoms with van der Waals surface area (Å²) in [6, 6.07) is 1.93. The first kappa shape index (κ1) is 10.5. The number of hydrogen-bond acceptors (Lipinski definition) is 2. The Labute approximate surface area is 84.1 Å². The minimum atomic E-state index is 0.541. The summed E-state index contributed by atoms with van der Waals surface area (Å²) in [6.45, 7) is 4.98. The number of hydrogen-bond donors (Lipinski definition) is 1. The highest BCUT2D eigenvalue weighted by molar-refractivity contribution is 6.18. The third kappa shape index (κ3) is 4.29. The third-order valence-electron chi connectivity index (χ3n) is 1.83. The molecule has 13 heavy (non-hydrogen) atoms. The van der Waals surface area contributed by atoms with Gasteiger partial charge in [0.2, 0.25) is 0 Å². The van der Waals surface area contributed by atoms with Crippen LogP contribution in [0.15, 0.2) is 18.5 Å². The average molecular weight is 202 g/mol. The van der Waals surface area contributed by atoms with Crippen LogP contribution >= 0.6 is 11.6 Å². The van der Waals surface area contributed by atoms with E-state index < -0.39 is 0 Å². The predicted octanol–water partition coefficient (Wildman–Crippen LogP) is 1.35. The van der Waals surface area contributed by atoms with Gasteiger partial charge < -0.3 is 5.32 Å². The van der Waals surface area contributed by atoms with Gasteiger partial charge in [-0.2, -0.15) is 5.10 Å². The summed E-state index contributed by atoms with van der Waals surface area (Å²) in [6.07, 6.45) is 3.76. The van der Waals surface area contributed by atoms with Crippen molar-refractivity contribution in [3.8, 4) is 0 Å². The number of rotatable bonds is 6. The molecule has 0 radical (unpaired) electrons. The molecule has 3 nitrogen and oxygen atoms in total. The van der Waals surface area contributed by atoms with Crippen LogP contribution < -0.4 is 5.32 Å². The molecule has 1 unspecified atom stereocenters. The number of aromatic nitrogens is 2. The molecular weight excluding hydrogens is 186 g/mol. The van der Waals surface area contributed by atoms with Crippen molar-refractivity contribution in [2.75, 3.05) is 19.0 Å². The Kier molecular flexibility index (Phi) is 4.86. The van der Waals surface area contributed by atoms with Crippen LogP contribution in [0, 0.1) is 5.92 Å². The molecule has 4 heteroatoms. The molecule has 1 atom stereocenters. The second kappa shape index (κ2) is 6.00. The van der Waals surface area contributed by atoms with Gasteiger partial charge >= 0.3 is 0 Å². The van der Waals surface area contributed by atoms with E-state index in [1.165, 1.54) is 0 Å². The number of alkyl halides is 1. The third-order valence-corrected chi connectivity index (χ3v) is 2.36. The predicted molar refractivity (Wildman–Crippen MR) is 55.0 cm³/mol. The molecule has 0 spiro atoms. The summed E-state index contributed by atoms with van der Waals surface area (Å²) < 4.78 is 1.92. The van der Waals surface area contributed by atoms with Crippen molar-refractivity contribution >= 4 is 11.6 Å². The second-order valence-corrected chi connectivity index (χ2v) is 3.54. The van der Waals surface area contributed by atoms with E-state index in [1.54, 1.807) is 6.20 Å². The average Bonchev–Trinajstić information content (AvgIpc) is 2.64. The largest absolute Gasteiger partial charge is 0.315 e. The van der Waals surface area contributed by atoms with Crippen LogP contribution in [-0.2, 0) is 6.54 Å². The van der Waals surface area contributed by atoms with E-state index in [4.69, 9.17) is 11.6 Å². The maximum absolute atomic E-state index is 5.67. The highest BCUT2D eigenvalue weighted by atomic mass is 35.5. The van der Waals surface area contributed by atoms with Gasteiger partial charge in [0.25, 0.3) is 0 Å². The molecule has 1 aromatic rings. The molecule has 0 saturated heterocycles.